The molecule has 0 heterocycles. The second-order valence-corrected chi connectivity index (χ2v) is 9.30. The van der Waals surface area contributed by atoms with Crippen LogP contribution >= 0.6 is 0 Å². The number of sulfonamides is 1. The van der Waals surface area contributed by atoms with Gasteiger partial charge in [0.05, 0.1) is 17.5 Å². The third kappa shape index (κ3) is 6.71. The Morgan fingerprint density at radius 1 is 1.00 bits per heavy atom. The molecule has 0 aliphatic heterocycles. The Morgan fingerprint density at radius 2 is 1.68 bits per heavy atom. The molecule has 9 heteroatoms. The van der Waals surface area contributed by atoms with E-state index in [4.69, 9.17) is 9.47 Å². The summed E-state index contributed by atoms with van der Waals surface area (Å²) in [6.45, 7) is 5.63. The van der Waals surface area contributed by atoms with Crippen molar-refractivity contribution < 1.29 is 27.1 Å². The number of anilines is 1. The minimum atomic E-state index is -3.81. The Morgan fingerprint density at radius 3 is 2.29 bits per heavy atom. The molecule has 0 saturated heterocycles. The topological polar surface area (TPSA) is 93.7 Å². The van der Waals surface area contributed by atoms with Crippen LogP contribution in [0.3, 0.4) is 0 Å². The molecule has 1 atom stereocenters. The minimum absolute atomic E-state index is 0.0700. The lowest BCUT2D eigenvalue weighted by molar-refractivity contribution is -0.123. The molecule has 2 N–H and O–H groups in total. The van der Waals surface area contributed by atoms with E-state index in [1.165, 1.54) is 30.3 Å². The molecule has 180 valence electrons. The predicted molar refractivity (Wildman–Crippen MR) is 128 cm³/mol. The van der Waals surface area contributed by atoms with Crippen LogP contribution in [0.5, 0.6) is 11.5 Å². The molecule has 34 heavy (non-hydrogen) atoms. The van der Waals surface area contributed by atoms with E-state index in [9.17, 15) is 17.6 Å². The summed E-state index contributed by atoms with van der Waals surface area (Å²) in [6, 6.07) is 16.6. The highest BCUT2D eigenvalue weighted by Gasteiger charge is 2.17. The Kier molecular flexibility index (Phi) is 8.12. The molecule has 0 radical (unpaired) electrons. The molecule has 0 saturated carbocycles. The number of benzene rings is 3. The van der Waals surface area contributed by atoms with Gasteiger partial charge in [-0.2, -0.15) is 0 Å². The molecule has 7 nitrogen and oxygen atoms in total. The zero-order chi connectivity index (χ0) is 24.7. The van der Waals surface area contributed by atoms with Gasteiger partial charge in [-0.1, -0.05) is 12.1 Å². The van der Waals surface area contributed by atoms with Gasteiger partial charge in [-0.3, -0.25) is 9.52 Å². The largest absolute Gasteiger partial charge is 0.494 e. The van der Waals surface area contributed by atoms with Crippen LogP contribution in [0, 0.1) is 12.7 Å². The first-order chi connectivity index (χ1) is 16.2. The van der Waals surface area contributed by atoms with Gasteiger partial charge >= 0.3 is 0 Å². The number of carbonyl (C=O) groups excluding carboxylic acids is 1. The van der Waals surface area contributed by atoms with Crippen LogP contribution < -0.4 is 19.5 Å². The van der Waals surface area contributed by atoms with Crippen LogP contribution in [0.15, 0.2) is 71.6 Å². The molecule has 0 fully saturated rings. The van der Waals surface area contributed by atoms with Gasteiger partial charge in [0, 0.05) is 5.69 Å². The van der Waals surface area contributed by atoms with Crippen molar-refractivity contribution in [1.82, 2.24) is 5.32 Å². The van der Waals surface area contributed by atoms with Crippen LogP contribution in [0.2, 0.25) is 0 Å². The first-order valence-corrected chi connectivity index (χ1v) is 12.2. The van der Waals surface area contributed by atoms with Gasteiger partial charge in [-0.05, 0) is 86.5 Å². The summed E-state index contributed by atoms with van der Waals surface area (Å²) in [5.74, 6) is 0.342. The molecule has 0 bridgehead atoms. The minimum Gasteiger partial charge on any atom is -0.494 e. The quantitative estimate of drug-likeness (QED) is 0.437. The van der Waals surface area contributed by atoms with Crippen LogP contribution in [-0.2, 0) is 14.8 Å². The average molecular weight is 487 g/mol. The lowest BCUT2D eigenvalue weighted by Crippen LogP contribution is -2.31. The first-order valence-electron chi connectivity index (χ1n) is 10.7. The van der Waals surface area contributed by atoms with Crippen molar-refractivity contribution in [3.63, 3.8) is 0 Å². The van der Waals surface area contributed by atoms with E-state index < -0.39 is 10.0 Å². The summed E-state index contributed by atoms with van der Waals surface area (Å²) < 4.78 is 52.0. The Bertz CT molecular complexity index is 1230. The average Bonchev–Trinajstić information content (AvgIpc) is 2.80. The van der Waals surface area contributed by atoms with E-state index in [1.807, 2.05) is 6.92 Å². The third-order valence-corrected chi connectivity index (χ3v) is 6.36. The van der Waals surface area contributed by atoms with Crippen molar-refractivity contribution in [2.24, 2.45) is 0 Å². The van der Waals surface area contributed by atoms with E-state index in [-0.39, 0.29) is 29.3 Å². The molecule has 0 aromatic heterocycles. The lowest BCUT2D eigenvalue weighted by Gasteiger charge is -2.16. The first kappa shape index (κ1) is 25.0. The highest BCUT2D eigenvalue weighted by Crippen LogP contribution is 2.24. The standard InChI is InChI=1S/C25H27FN2O5S/c1-4-32-22-11-9-21(10-12-22)28-34(30,31)23-13-14-24(17(2)15-23)33-16-25(29)27-18(3)19-5-7-20(26)8-6-19/h5-15,18,28H,4,16H2,1-3H3,(H,27,29)/t18-/m1/s1. The molecular weight excluding hydrogens is 459 g/mol. The highest BCUT2D eigenvalue weighted by atomic mass is 32.2. The number of amides is 1. The van der Waals surface area contributed by atoms with Gasteiger partial charge in [0.2, 0.25) is 0 Å². The second kappa shape index (κ2) is 11.0. The third-order valence-electron chi connectivity index (χ3n) is 4.98. The zero-order valence-electron chi connectivity index (χ0n) is 19.2. The highest BCUT2D eigenvalue weighted by molar-refractivity contribution is 7.92. The molecule has 1 amide bonds. The van der Waals surface area contributed by atoms with Gasteiger partial charge in [0.1, 0.15) is 17.3 Å². The maximum Gasteiger partial charge on any atom is 0.261 e. The molecule has 0 aliphatic carbocycles. The van der Waals surface area contributed by atoms with Gasteiger partial charge in [0.25, 0.3) is 15.9 Å². The fourth-order valence-electron chi connectivity index (χ4n) is 3.21. The summed E-state index contributed by atoms with van der Waals surface area (Å²) in [4.78, 5) is 12.3. The molecule has 3 aromatic rings. The summed E-state index contributed by atoms with van der Waals surface area (Å²) in [5.41, 5.74) is 1.74. The second-order valence-electron chi connectivity index (χ2n) is 7.62. The number of halogens is 1. The summed E-state index contributed by atoms with van der Waals surface area (Å²) >= 11 is 0. The molecule has 0 unspecified atom stereocenters. The van der Waals surface area contributed by atoms with E-state index in [1.54, 1.807) is 50.2 Å². The summed E-state index contributed by atoms with van der Waals surface area (Å²) in [5, 5.41) is 2.78. The molecule has 3 rings (SSSR count). The Balaban J connectivity index is 1.59. The zero-order valence-corrected chi connectivity index (χ0v) is 20.0. The van der Waals surface area contributed by atoms with Crippen molar-refractivity contribution in [3.8, 4) is 11.5 Å². The van der Waals surface area contributed by atoms with E-state index in [2.05, 4.69) is 10.0 Å². The van der Waals surface area contributed by atoms with E-state index in [0.717, 1.165) is 5.56 Å². The van der Waals surface area contributed by atoms with Crippen molar-refractivity contribution in [2.45, 2.75) is 31.7 Å². The van der Waals surface area contributed by atoms with Crippen molar-refractivity contribution in [3.05, 3.63) is 83.7 Å². The number of nitrogens with one attached hydrogen (secondary N) is 2. The number of carbonyl (C=O) groups is 1. The number of hydrogen-bond acceptors (Lipinski definition) is 5. The van der Waals surface area contributed by atoms with E-state index in [0.29, 0.717) is 29.4 Å². The van der Waals surface area contributed by atoms with Crippen molar-refractivity contribution in [2.75, 3.05) is 17.9 Å². The SMILES string of the molecule is CCOc1ccc(NS(=O)(=O)c2ccc(OCC(=O)N[C@H](C)c3ccc(F)cc3)c(C)c2)cc1. The molecule has 0 spiro atoms. The van der Waals surface area contributed by atoms with Gasteiger partial charge in [-0.25, -0.2) is 12.8 Å². The predicted octanol–water partition coefficient (Wildman–Crippen LogP) is 4.59. The van der Waals surface area contributed by atoms with Gasteiger partial charge in [-0.15, -0.1) is 0 Å². The van der Waals surface area contributed by atoms with Gasteiger partial charge < -0.3 is 14.8 Å². The number of ether oxygens (including phenoxy) is 2. The Labute approximate surface area is 199 Å². The van der Waals surface area contributed by atoms with Crippen LogP contribution in [0.1, 0.15) is 31.0 Å². The fourth-order valence-corrected chi connectivity index (χ4v) is 4.36. The fraction of sp³-hybridized carbons (Fsp3) is 0.240. The maximum absolute atomic E-state index is 13.1. The monoisotopic (exact) mass is 486 g/mol. The maximum atomic E-state index is 13.1. The van der Waals surface area contributed by atoms with E-state index >= 15 is 0 Å². The smallest absolute Gasteiger partial charge is 0.261 e. The summed E-state index contributed by atoms with van der Waals surface area (Å²) in [6.07, 6.45) is 0. The van der Waals surface area contributed by atoms with Gasteiger partial charge in [0.15, 0.2) is 6.61 Å². The van der Waals surface area contributed by atoms with Crippen molar-refractivity contribution in [1.29, 1.82) is 0 Å². The number of rotatable bonds is 10. The van der Waals surface area contributed by atoms with Crippen LogP contribution in [0.4, 0.5) is 10.1 Å². The number of hydrogen-bond donors (Lipinski definition) is 2. The Hall–Kier alpha value is -3.59. The number of aryl methyl sites for hydroxylation is 1. The van der Waals surface area contributed by atoms with Crippen LogP contribution in [-0.4, -0.2) is 27.5 Å². The molecule has 3 aromatic carbocycles. The van der Waals surface area contributed by atoms with Crippen molar-refractivity contribution >= 4 is 21.6 Å². The van der Waals surface area contributed by atoms with Crippen LogP contribution in [0.25, 0.3) is 0 Å². The molecule has 0 aliphatic rings. The summed E-state index contributed by atoms with van der Waals surface area (Å²) in [7, 11) is -3.81. The normalized spacial score (nSPS) is 12.0. The lowest BCUT2D eigenvalue weighted by atomic mass is 10.1. The molecular formula is C25H27FN2O5S.